The van der Waals surface area contributed by atoms with Crippen LogP contribution in [0.1, 0.15) is 66.9 Å². The van der Waals surface area contributed by atoms with Crippen LogP contribution in [0.15, 0.2) is 30.6 Å². The molecule has 9 nitrogen and oxygen atoms in total. The van der Waals surface area contributed by atoms with Gasteiger partial charge in [-0.3, -0.25) is 14.4 Å². The number of nitrogens with two attached hydrogens (primary N) is 1. The first-order chi connectivity index (χ1) is 16.0. The summed E-state index contributed by atoms with van der Waals surface area (Å²) in [7, 11) is 0. The third kappa shape index (κ3) is 4.67. The highest BCUT2D eigenvalue weighted by Crippen LogP contribution is 2.47. The molecule has 1 saturated carbocycles. The molecular weight excluding hydrogens is 458 g/mol. The zero-order chi connectivity index (χ0) is 24.7. The van der Waals surface area contributed by atoms with Gasteiger partial charge in [-0.2, -0.15) is 0 Å². The van der Waals surface area contributed by atoms with E-state index in [0.717, 1.165) is 12.1 Å². The molecule has 2 heterocycles. The first-order valence-electron chi connectivity index (χ1n) is 11.4. The van der Waals surface area contributed by atoms with Gasteiger partial charge in [0.1, 0.15) is 5.69 Å². The minimum absolute atomic E-state index is 0.0149. The highest BCUT2D eigenvalue weighted by molar-refractivity contribution is 6.31. The molecule has 4 N–H and O–H groups in total. The second-order valence-electron chi connectivity index (χ2n) is 9.93. The molecule has 2 aliphatic rings. The Hall–Kier alpha value is -2.91. The van der Waals surface area contributed by atoms with Crippen molar-refractivity contribution in [2.75, 3.05) is 18.0 Å². The number of benzene rings is 1. The Morgan fingerprint density at radius 3 is 2.65 bits per heavy atom. The number of carbonyl (C=O) groups excluding carboxylic acids is 3. The van der Waals surface area contributed by atoms with Gasteiger partial charge in [-0.15, -0.1) is 0 Å². The van der Waals surface area contributed by atoms with Crippen LogP contribution in [-0.4, -0.2) is 62.4 Å². The first-order valence-corrected chi connectivity index (χ1v) is 11.8. The lowest BCUT2D eigenvalue weighted by Crippen LogP contribution is -2.51. The van der Waals surface area contributed by atoms with Gasteiger partial charge in [0.05, 0.1) is 17.3 Å². The Kier molecular flexibility index (Phi) is 6.44. The Morgan fingerprint density at radius 2 is 2.03 bits per heavy atom. The number of rotatable bonds is 6. The van der Waals surface area contributed by atoms with Gasteiger partial charge in [0.25, 0.3) is 11.8 Å². The normalized spacial score (nSPS) is 22.9. The van der Waals surface area contributed by atoms with E-state index in [1.165, 1.54) is 6.33 Å². The maximum atomic E-state index is 13.4. The predicted octanol–water partition coefficient (Wildman–Crippen LogP) is 2.74. The third-order valence-electron chi connectivity index (χ3n) is 6.89. The number of aromatic nitrogens is 2. The van der Waals surface area contributed by atoms with E-state index in [0.29, 0.717) is 37.3 Å². The zero-order valence-electron chi connectivity index (χ0n) is 19.4. The number of nitrogens with zero attached hydrogens (tertiary/aromatic N) is 3. The number of hydrogen-bond acceptors (Lipinski definition) is 5. The van der Waals surface area contributed by atoms with Crippen molar-refractivity contribution in [3.63, 3.8) is 0 Å². The SMILES string of the molecule is CC(C)(O)CN(C(=O)c1[nH]cnc1C(N)=O)C1CCC2(CC1)CCN(c1cccc(Cl)c1)C2=O. The number of imidazole rings is 1. The molecule has 3 amide bonds. The number of hydrogen-bond donors (Lipinski definition) is 3. The van der Waals surface area contributed by atoms with E-state index in [4.69, 9.17) is 17.3 Å². The molecule has 1 aromatic heterocycles. The van der Waals surface area contributed by atoms with Crippen molar-refractivity contribution < 1.29 is 19.5 Å². The summed E-state index contributed by atoms with van der Waals surface area (Å²) in [4.78, 5) is 48.5. The molecule has 0 atom stereocenters. The van der Waals surface area contributed by atoms with E-state index < -0.39 is 22.8 Å². The molecule has 0 bridgehead atoms. The minimum atomic E-state index is -1.15. The van der Waals surface area contributed by atoms with Gasteiger partial charge in [0, 0.05) is 29.8 Å². The van der Waals surface area contributed by atoms with Crippen molar-refractivity contribution in [2.45, 2.75) is 57.6 Å². The molecule has 1 aliphatic heterocycles. The monoisotopic (exact) mass is 487 g/mol. The summed E-state index contributed by atoms with van der Waals surface area (Å²) in [5.41, 5.74) is 4.45. The molecule has 10 heteroatoms. The van der Waals surface area contributed by atoms with Crippen LogP contribution in [0.3, 0.4) is 0 Å². The van der Waals surface area contributed by atoms with Crippen molar-refractivity contribution in [1.82, 2.24) is 14.9 Å². The Morgan fingerprint density at radius 1 is 1.32 bits per heavy atom. The molecule has 2 aromatic rings. The summed E-state index contributed by atoms with van der Waals surface area (Å²) in [5, 5.41) is 11.1. The molecule has 0 radical (unpaired) electrons. The van der Waals surface area contributed by atoms with Crippen LogP contribution in [0.5, 0.6) is 0 Å². The topological polar surface area (TPSA) is 133 Å². The fourth-order valence-corrected chi connectivity index (χ4v) is 5.40. The van der Waals surface area contributed by atoms with E-state index in [9.17, 15) is 19.5 Å². The van der Waals surface area contributed by atoms with Gasteiger partial charge in [0.2, 0.25) is 5.91 Å². The van der Waals surface area contributed by atoms with Crippen molar-refractivity contribution in [3.8, 4) is 0 Å². The summed E-state index contributed by atoms with van der Waals surface area (Å²) in [5.74, 6) is -1.14. The summed E-state index contributed by atoms with van der Waals surface area (Å²) in [6.45, 7) is 3.96. The summed E-state index contributed by atoms with van der Waals surface area (Å²) < 4.78 is 0. The van der Waals surface area contributed by atoms with Crippen molar-refractivity contribution in [2.24, 2.45) is 11.1 Å². The largest absolute Gasteiger partial charge is 0.389 e. The van der Waals surface area contributed by atoms with Gasteiger partial charge in [-0.05, 0) is 64.2 Å². The average Bonchev–Trinajstić information content (AvgIpc) is 3.38. The Bertz CT molecular complexity index is 1100. The van der Waals surface area contributed by atoms with Gasteiger partial charge in [0.15, 0.2) is 5.69 Å². The average molecular weight is 488 g/mol. The van der Waals surface area contributed by atoms with E-state index >= 15 is 0 Å². The van der Waals surface area contributed by atoms with Crippen molar-refractivity contribution >= 4 is 35.0 Å². The molecule has 182 valence electrons. The number of aliphatic hydroxyl groups is 1. The van der Waals surface area contributed by atoms with Gasteiger partial charge in [-0.1, -0.05) is 17.7 Å². The lowest BCUT2D eigenvalue weighted by atomic mass is 9.71. The quantitative estimate of drug-likeness (QED) is 0.576. The number of aromatic amines is 1. The minimum Gasteiger partial charge on any atom is -0.389 e. The van der Waals surface area contributed by atoms with E-state index in [1.54, 1.807) is 35.8 Å². The Labute approximate surface area is 203 Å². The second-order valence-corrected chi connectivity index (χ2v) is 10.4. The standard InChI is InChI=1S/C24H30ClN5O4/c1-23(2,34)13-30(21(32)19-18(20(26)31)27-14-28-19)16-6-8-24(9-7-16)10-11-29(22(24)33)17-5-3-4-15(25)12-17/h3-5,12,14,16,34H,6-11,13H2,1-2H3,(H2,26,31)(H,27,28). The van der Waals surface area contributed by atoms with Crippen LogP contribution >= 0.6 is 11.6 Å². The number of H-pyrrole nitrogens is 1. The summed E-state index contributed by atoms with van der Waals surface area (Å²) in [6.07, 6.45) is 4.49. The van der Waals surface area contributed by atoms with Gasteiger partial charge in [-0.25, -0.2) is 4.98 Å². The number of halogens is 1. The molecule has 1 aliphatic carbocycles. The van der Waals surface area contributed by atoms with Crippen molar-refractivity contribution in [1.29, 1.82) is 0 Å². The molecule has 1 aromatic carbocycles. The summed E-state index contributed by atoms with van der Waals surface area (Å²) in [6, 6.07) is 7.11. The van der Waals surface area contributed by atoms with Crippen LogP contribution in [0, 0.1) is 5.41 Å². The number of amides is 3. The lowest BCUT2D eigenvalue weighted by molar-refractivity contribution is -0.127. The zero-order valence-corrected chi connectivity index (χ0v) is 20.1. The molecule has 34 heavy (non-hydrogen) atoms. The Balaban J connectivity index is 1.52. The highest BCUT2D eigenvalue weighted by Gasteiger charge is 2.50. The first kappa shape index (κ1) is 24.2. The van der Waals surface area contributed by atoms with Crippen LogP contribution < -0.4 is 10.6 Å². The highest BCUT2D eigenvalue weighted by atomic mass is 35.5. The molecule has 4 rings (SSSR count). The lowest BCUT2D eigenvalue weighted by Gasteiger charge is -2.42. The molecular formula is C24H30ClN5O4. The van der Waals surface area contributed by atoms with Crippen LogP contribution in [-0.2, 0) is 4.79 Å². The van der Waals surface area contributed by atoms with Crippen molar-refractivity contribution in [3.05, 3.63) is 47.0 Å². The second kappa shape index (κ2) is 9.03. The van der Waals surface area contributed by atoms with Crippen LogP contribution in [0.4, 0.5) is 5.69 Å². The maximum absolute atomic E-state index is 13.4. The molecule has 1 saturated heterocycles. The van der Waals surface area contributed by atoms with Gasteiger partial charge >= 0.3 is 0 Å². The molecule has 2 fully saturated rings. The number of anilines is 1. The third-order valence-corrected chi connectivity index (χ3v) is 7.13. The molecule has 1 spiro atoms. The van der Waals surface area contributed by atoms with Crippen LogP contribution in [0.2, 0.25) is 5.02 Å². The van der Waals surface area contributed by atoms with E-state index in [1.807, 2.05) is 12.1 Å². The number of primary amides is 1. The number of nitrogens with one attached hydrogen (secondary N) is 1. The fraction of sp³-hybridized carbons (Fsp3) is 0.500. The van der Waals surface area contributed by atoms with E-state index in [2.05, 4.69) is 9.97 Å². The van der Waals surface area contributed by atoms with E-state index in [-0.39, 0.29) is 29.9 Å². The fourth-order valence-electron chi connectivity index (χ4n) is 5.21. The predicted molar refractivity (Wildman–Crippen MR) is 128 cm³/mol. The number of carbonyl (C=O) groups is 3. The van der Waals surface area contributed by atoms with Crippen LogP contribution in [0.25, 0.3) is 0 Å². The van der Waals surface area contributed by atoms with Gasteiger partial charge < -0.3 is 25.6 Å². The smallest absolute Gasteiger partial charge is 0.273 e. The maximum Gasteiger partial charge on any atom is 0.273 e. The summed E-state index contributed by atoms with van der Waals surface area (Å²) >= 11 is 6.13. The molecule has 0 unspecified atom stereocenters.